The molecule has 0 bridgehead atoms. The third kappa shape index (κ3) is 2.93. The summed E-state index contributed by atoms with van der Waals surface area (Å²) in [5, 5.41) is 11.7. The molecular formula is C15H18N4S. The highest BCUT2D eigenvalue weighted by Gasteiger charge is 2.15. The molecule has 104 valence electrons. The maximum atomic E-state index is 5.82. The van der Waals surface area contributed by atoms with Crippen LogP contribution in [0.25, 0.3) is 0 Å². The number of benzene rings is 1. The van der Waals surface area contributed by atoms with Crippen LogP contribution in [0.5, 0.6) is 0 Å². The Bertz CT molecular complexity index is 625. The summed E-state index contributed by atoms with van der Waals surface area (Å²) in [6.07, 6.45) is 0. The zero-order chi connectivity index (χ0) is 14.7. The minimum absolute atomic E-state index is 0.0979. The fraction of sp³-hybridized carbons (Fsp3) is 0.267. The topological polar surface area (TPSA) is 63.8 Å². The lowest BCUT2D eigenvalue weighted by molar-refractivity contribution is 0.850. The molecule has 0 aliphatic heterocycles. The molecule has 20 heavy (non-hydrogen) atoms. The number of thiocarbonyl (C=S) groups is 1. The quantitative estimate of drug-likeness (QED) is 0.846. The lowest BCUT2D eigenvalue weighted by Gasteiger charge is -2.18. The lowest BCUT2D eigenvalue weighted by Crippen LogP contribution is -2.19. The fourth-order valence-corrected chi connectivity index (χ4v) is 2.29. The van der Waals surface area contributed by atoms with Crippen LogP contribution < -0.4 is 11.1 Å². The van der Waals surface area contributed by atoms with Gasteiger partial charge in [0, 0.05) is 0 Å². The third-order valence-electron chi connectivity index (χ3n) is 3.35. The van der Waals surface area contributed by atoms with Gasteiger partial charge in [0.2, 0.25) is 0 Å². The van der Waals surface area contributed by atoms with E-state index in [9.17, 15) is 0 Å². The Balaban J connectivity index is 2.35. The molecule has 4 nitrogen and oxygen atoms in total. The van der Waals surface area contributed by atoms with Gasteiger partial charge in [0.1, 0.15) is 4.99 Å². The minimum Gasteiger partial charge on any atom is -0.389 e. The van der Waals surface area contributed by atoms with Crippen molar-refractivity contribution in [2.45, 2.75) is 26.8 Å². The summed E-state index contributed by atoms with van der Waals surface area (Å²) in [6.45, 7) is 5.92. The molecule has 1 heterocycles. The van der Waals surface area contributed by atoms with Crippen LogP contribution in [0.3, 0.4) is 0 Å². The Morgan fingerprint density at radius 1 is 1.20 bits per heavy atom. The molecule has 1 aromatic carbocycles. The predicted molar refractivity (Wildman–Crippen MR) is 85.9 cm³/mol. The van der Waals surface area contributed by atoms with E-state index in [1.807, 2.05) is 32.0 Å². The van der Waals surface area contributed by atoms with Crippen LogP contribution in [0, 0.1) is 13.8 Å². The van der Waals surface area contributed by atoms with Crippen molar-refractivity contribution in [3.63, 3.8) is 0 Å². The van der Waals surface area contributed by atoms with Gasteiger partial charge in [-0.15, -0.1) is 5.10 Å². The molecule has 0 amide bonds. The summed E-state index contributed by atoms with van der Waals surface area (Å²) >= 11 is 5.14. The molecule has 0 saturated carbocycles. The molecular weight excluding hydrogens is 268 g/mol. The highest BCUT2D eigenvalue weighted by Crippen LogP contribution is 2.23. The Morgan fingerprint density at radius 2 is 1.85 bits per heavy atom. The number of nitrogens with one attached hydrogen (secondary N) is 1. The molecule has 2 aromatic rings. The van der Waals surface area contributed by atoms with E-state index < -0.39 is 0 Å². The van der Waals surface area contributed by atoms with Crippen LogP contribution in [-0.4, -0.2) is 15.2 Å². The number of aryl methyl sites for hydroxylation is 1. The van der Waals surface area contributed by atoms with Crippen LogP contribution in [0.2, 0.25) is 0 Å². The lowest BCUT2D eigenvalue weighted by atomic mass is 10.1. The van der Waals surface area contributed by atoms with Gasteiger partial charge in [-0.05, 0) is 31.9 Å². The van der Waals surface area contributed by atoms with E-state index in [1.54, 1.807) is 0 Å². The van der Waals surface area contributed by atoms with Crippen molar-refractivity contribution in [2.75, 3.05) is 5.32 Å². The molecule has 1 unspecified atom stereocenters. The van der Waals surface area contributed by atoms with E-state index >= 15 is 0 Å². The van der Waals surface area contributed by atoms with E-state index in [2.05, 4.69) is 34.6 Å². The molecule has 1 atom stereocenters. The smallest absolute Gasteiger partial charge is 0.159 e. The second-order valence-corrected chi connectivity index (χ2v) is 5.21. The summed E-state index contributed by atoms with van der Waals surface area (Å²) in [5.74, 6) is 0.636. The second-order valence-electron chi connectivity index (χ2n) is 4.77. The Labute approximate surface area is 124 Å². The maximum Gasteiger partial charge on any atom is 0.159 e. The van der Waals surface area contributed by atoms with Crippen molar-refractivity contribution in [2.24, 2.45) is 5.73 Å². The first-order valence-electron chi connectivity index (χ1n) is 6.46. The molecule has 0 aliphatic rings. The summed E-state index contributed by atoms with van der Waals surface area (Å²) in [4.78, 5) is 0.336. The zero-order valence-electron chi connectivity index (χ0n) is 11.8. The van der Waals surface area contributed by atoms with Crippen LogP contribution in [0.4, 0.5) is 5.82 Å². The molecule has 3 N–H and O–H groups in total. The van der Waals surface area contributed by atoms with Crippen LogP contribution in [-0.2, 0) is 0 Å². The van der Waals surface area contributed by atoms with Gasteiger partial charge in [-0.2, -0.15) is 5.10 Å². The van der Waals surface area contributed by atoms with Crippen molar-refractivity contribution in [1.82, 2.24) is 10.2 Å². The summed E-state index contributed by atoms with van der Waals surface area (Å²) in [5.41, 5.74) is 9.57. The highest BCUT2D eigenvalue weighted by molar-refractivity contribution is 7.80. The summed E-state index contributed by atoms with van der Waals surface area (Å²) in [6, 6.07) is 10.2. The van der Waals surface area contributed by atoms with Gasteiger partial charge in [-0.1, -0.05) is 42.5 Å². The molecule has 0 saturated heterocycles. The Hall–Kier alpha value is -2.01. The number of anilines is 1. The fourth-order valence-electron chi connectivity index (χ4n) is 2.04. The molecule has 0 radical (unpaired) electrons. The van der Waals surface area contributed by atoms with Crippen molar-refractivity contribution >= 4 is 23.0 Å². The van der Waals surface area contributed by atoms with Gasteiger partial charge < -0.3 is 11.1 Å². The Morgan fingerprint density at radius 3 is 2.45 bits per heavy atom. The van der Waals surface area contributed by atoms with Crippen molar-refractivity contribution in [3.05, 3.63) is 52.7 Å². The number of rotatable bonds is 4. The first-order chi connectivity index (χ1) is 9.50. The van der Waals surface area contributed by atoms with Crippen molar-refractivity contribution in [3.8, 4) is 0 Å². The molecule has 5 heteroatoms. The molecule has 0 spiro atoms. The van der Waals surface area contributed by atoms with Gasteiger partial charge in [0.25, 0.3) is 0 Å². The summed E-state index contributed by atoms with van der Waals surface area (Å²) in [7, 11) is 0. The van der Waals surface area contributed by atoms with E-state index in [4.69, 9.17) is 18.0 Å². The van der Waals surface area contributed by atoms with Crippen LogP contribution >= 0.6 is 12.2 Å². The van der Waals surface area contributed by atoms with E-state index in [-0.39, 0.29) is 6.04 Å². The predicted octanol–water partition coefficient (Wildman–Crippen LogP) is 2.90. The van der Waals surface area contributed by atoms with Gasteiger partial charge in [-0.3, -0.25) is 0 Å². The van der Waals surface area contributed by atoms with E-state index in [1.165, 1.54) is 5.56 Å². The normalized spacial score (nSPS) is 11.9. The molecule has 2 rings (SSSR count). The second kappa shape index (κ2) is 5.96. The van der Waals surface area contributed by atoms with Crippen LogP contribution in [0.15, 0.2) is 30.3 Å². The number of nitrogens with zero attached hydrogens (tertiary/aromatic N) is 2. The number of hydrogen-bond donors (Lipinski definition) is 2. The Kier molecular flexibility index (Phi) is 4.29. The third-order valence-corrected chi connectivity index (χ3v) is 3.56. The highest BCUT2D eigenvalue weighted by atomic mass is 32.1. The monoisotopic (exact) mass is 286 g/mol. The zero-order valence-corrected chi connectivity index (χ0v) is 12.7. The molecule has 0 aliphatic carbocycles. The van der Waals surface area contributed by atoms with Crippen molar-refractivity contribution < 1.29 is 0 Å². The maximum absolute atomic E-state index is 5.82. The minimum atomic E-state index is 0.0979. The average molecular weight is 286 g/mol. The summed E-state index contributed by atoms with van der Waals surface area (Å²) < 4.78 is 0. The van der Waals surface area contributed by atoms with Gasteiger partial charge in [0.05, 0.1) is 17.3 Å². The van der Waals surface area contributed by atoms with E-state index in [0.717, 1.165) is 16.8 Å². The molecule has 0 fully saturated rings. The largest absolute Gasteiger partial charge is 0.389 e. The van der Waals surface area contributed by atoms with Gasteiger partial charge in [-0.25, -0.2) is 0 Å². The average Bonchev–Trinajstić information content (AvgIpc) is 2.43. The van der Waals surface area contributed by atoms with Gasteiger partial charge in [0.15, 0.2) is 5.82 Å². The molecule has 1 aromatic heterocycles. The number of aromatic nitrogens is 2. The SMILES string of the molecule is Cc1nnc(NC(C)c2ccccc2)c(C(N)=S)c1C. The number of nitrogens with two attached hydrogens (primary N) is 1. The first-order valence-corrected chi connectivity index (χ1v) is 6.86. The standard InChI is InChI=1S/C15H18N4S/c1-9-10(2)18-19-15(13(9)14(16)20)17-11(3)12-7-5-4-6-8-12/h4-8,11H,1-3H3,(H2,16,20)(H,17,19). The van der Waals surface area contributed by atoms with Gasteiger partial charge >= 0.3 is 0 Å². The van der Waals surface area contributed by atoms with Crippen molar-refractivity contribution in [1.29, 1.82) is 0 Å². The van der Waals surface area contributed by atoms with Crippen LogP contribution in [0.1, 0.15) is 35.3 Å². The number of hydrogen-bond acceptors (Lipinski definition) is 4. The van der Waals surface area contributed by atoms with E-state index in [0.29, 0.717) is 10.8 Å². The first kappa shape index (κ1) is 14.4.